The molecule has 1 aliphatic heterocycles. The van der Waals surface area contributed by atoms with Crippen molar-refractivity contribution in [1.29, 1.82) is 0 Å². The van der Waals surface area contributed by atoms with Gasteiger partial charge >= 0.3 is 0 Å². The van der Waals surface area contributed by atoms with E-state index >= 15 is 0 Å². The Hall–Kier alpha value is -1.84. The summed E-state index contributed by atoms with van der Waals surface area (Å²) in [4.78, 5) is 23.6. The molecule has 4 heteroatoms. The van der Waals surface area contributed by atoms with Crippen LogP contribution in [0.25, 0.3) is 0 Å². The molecule has 1 aliphatic rings. The molecule has 1 heterocycles. The van der Waals surface area contributed by atoms with Crippen LogP contribution in [0.5, 0.6) is 5.75 Å². The van der Waals surface area contributed by atoms with Gasteiger partial charge in [0.05, 0.1) is 5.69 Å². The number of hydrogen-bond donors (Lipinski definition) is 0. The molecule has 0 spiro atoms. The van der Waals surface area contributed by atoms with Gasteiger partial charge in [-0.05, 0) is 23.6 Å². The van der Waals surface area contributed by atoms with Crippen LogP contribution < -0.4 is 9.64 Å². The first kappa shape index (κ1) is 11.6. The van der Waals surface area contributed by atoms with Gasteiger partial charge in [-0.25, -0.2) is 0 Å². The number of carbonyl (C=O) groups is 2. The molecular formula is C13H15NO3. The number of anilines is 1. The Morgan fingerprint density at radius 2 is 2.29 bits per heavy atom. The van der Waals surface area contributed by atoms with E-state index in [0.717, 1.165) is 17.5 Å². The van der Waals surface area contributed by atoms with Crippen LogP contribution in [0.2, 0.25) is 0 Å². The van der Waals surface area contributed by atoms with Crippen molar-refractivity contribution in [3.63, 3.8) is 0 Å². The number of ether oxygens (including phenoxy) is 1. The smallest absolute Gasteiger partial charge is 0.264 e. The monoisotopic (exact) mass is 233 g/mol. The molecule has 0 bridgehead atoms. The van der Waals surface area contributed by atoms with Crippen LogP contribution in [-0.2, 0) is 9.59 Å². The number of fused-ring (bicyclic) bond motifs is 1. The molecule has 1 aromatic carbocycles. The molecule has 0 fully saturated rings. The molecule has 0 N–H and O–H groups in total. The Morgan fingerprint density at radius 3 is 3.00 bits per heavy atom. The number of likely N-dealkylation sites (N-methyl/N-ethyl adjacent to an activating group) is 1. The standard InChI is InChI=1S/C13H15NO3/c1-9(5-6-15)10-3-4-12-11(7-10)14(2)13(16)8-17-12/h3-4,6-7,9H,5,8H2,1-2H3. The van der Waals surface area contributed by atoms with Crippen LogP contribution in [0.15, 0.2) is 18.2 Å². The van der Waals surface area contributed by atoms with Crippen LogP contribution >= 0.6 is 0 Å². The van der Waals surface area contributed by atoms with Crippen molar-refractivity contribution in [2.24, 2.45) is 0 Å². The fourth-order valence-electron chi connectivity index (χ4n) is 1.88. The fourth-order valence-corrected chi connectivity index (χ4v) is 1.88. The highest BCUT2D eigenvalue weighted by Crippen LogP contribution is 2.34. The molecular weight excluding hydrogens is 218 g/mol. The van der Waals surface area contributed by atoms with Crippen LogP contribution in [0.3, 0.4) is 0 Å². The second-order valence-electron chi connectivity index (χ2n) is 4.27. The summed E-state index contributed by atoms with van der Waals surface area (Å²) < 4.78 is 5.34. The summed E-state index contributed by atoms with van der Waals surface area (Å²) in [7, 11) is 1.73. The zero-order valence-corrected chi connectivity index (χ0v) is 9.97. The van der Waals surface area contributed by atoms with E-state index in [1.54, 1.807) is 11.9 Å². The minimum Gasteiger partial charge on any atom is -0.482 e. The largest absolute Gasteiger partial charge is 0.482 e. The molecule has 1 atom stereocenters. The molecule has 0 aromatic heterocycles. The summed E-state index contributed by atoms with van der Waals surface area (Å²) >= 11 is 0. The molecule has 0 saturated heterocycles. The predicted molar refractivity (Wildman–Crippen MR) is 64.4 cm³/mol. The number of benzene rings is 1. The van der Waals surface area contributed by atoms with Crippen molar-refractivity contribution in [2.45, 2.75) is 19.3 Å². The number of aldehydes is 1. The van der Waals surface area contributed by atoms with E-state index < -0.39 is 0 Å². The van der Waals surface area contributed by atoms with E-state index in [2.05, 4.69) is 0 Å². The SMILES string of the molecule is CC(CC=O)c1ccc2c(c1)N(C)C(=O)CO2. The molecule has 17 heavy (non-hydrogen) atoms. The third kappa shape index (κ3) is 2.16. The van der Waals surface area contributed by atoms with Crippen molar-refractivity contribution in [1.82, 2.24) is 0 Å². The summed E-state index contributed by atoms with van der Waals surface area (Å²) in [6.45, 7) is 2.08. The van der Waals surface area contributed by atoms with Gasteiger partial charge in [-0.2, -0.15) is 0 Å². The summed E-state index contributed by atoms with van der Waals surface area (Å²) in [5.41, 5.74) is 1.82. The molecule has 1 unspecified atom stereocenters. The molecule has 0 radical (unpaired) electrons. The van der Waals surface area contributed by atoms with Gasteiger partial charge in [-0.3, -0.25) is 4.79 Å². The molecule has 1 aromatic rings. The van der Waals surface area contributed by atoms with Crippen molar-refractivity contribution in [3.8, 4) is 5.75 Å². The zero-order valence-electron chi connectivity index (χ0n) is 9.97. The quantitative estimate of drug-likeness (QED) is 0.747. The summed E-state index contributed by atoms with van der Waals surface area (Å²) in [5.74, 6) is 0.815. The van der Waals surface area contributed by atoms with E-state index in [1.165, 1.54) is 0 Å². The molecule has 0 saturated carbocycles. The van der Waals surface area contributed by atoms with Crippen LogP contribution in [0.1, 0.15) is 24.8 Å². The number of hydrogen-bond acceptors (Lipinski definition) is 3. The maximum Gasteiger partial charge on any atom is 0.264 e. The van der Waals surface area contributed by atoms with Gasteiger partial charge < -0.3 is 14.4 Å². The van der Waals surface area contributed by atoms with E-state index in [4.69, 9.17) is 4.74 Å². The van der Waals surface area contributed by atoms with Gasteiger partial charge in [0, 0.05) is 13.5 Å². The third-order valence-corrected chi connectivity index (χ3v) is 3.09. The lowest BCUT2D eigenvalue weighted by Crippen LogP contribution is -2.35. The van der Waals surface area contributed by atoms with Crippen LogP contribution in [0.4, 0.5) is 5.69 Å². The fraction of sp³-hybridized carbons (Fsp3) is 0.385. The first-order chi connectivity index (χ1) is 8.13. The Labute approximate surface area is 100 Å². The Balaban J connectivity index is 2.35. The van der Waals surface area contributed by atoms with Gasteiger partial charge in [0.2, 0.25) is 0 Å². The highest BCUT2D eigenvalue weighted by atomic mass is 16.5. The van der Waals surface area contributed by atoms with Crippen molar-refractivity contribution < 1.29 is 14.3 Å². The van der Waals surface area contributed by atoms with Crippen molar-refractivity contribution in [2.75, 3.05) is 18.6 Å². The lowest BCUT2D eigenvalue weighted by Gasteiger charge is -2.27. The second-order valence-corrected chi connectivity index (χ2v) is 4.27. The summed E-state index contributed by atoms with van der Waals surface area (Å²) in [5, 5.41) is 0. The first-order valence-corrected chi connectivity index (χ1v) is 5.60. The van der Waals surface area contributed by atoms with Crippen molar-refractivity contribution >= 4 is 17.9 Å². The predicted octanol–water partition coefficient (Wildman–Crippen LogP) is 1.73. The normalized spacial score (nSPS) is 16.1. The van der Waals surface area contributed by atoms with Crippen LogP contribution in [0, 0.1) is 0 Å². The first-order valence-electron chi connectivity index (χ1n) is 5.60. The van der Waals surface area contributed by atoms with E-state index in [0.29, 0.717) is 12.2 Å². The zero-order chi connectivity index (χ0) is 12.4. The number of nitrogens with zero attached hydrogens (tertiary/aromatic N) is 1. The number of amides is 1. The molecule has 4 nitrogen and oxygen atoms in total. The summed E-state index contributed by atoms with van der Waals surface area (Å²) in [6.07, 6.45) is 1.40. The van der Waals surface area contributed by atoms with Crippen molar-refractivity contribution in [3.05, 3.63) is 23.8 Å². The Bertz CT molecular complexity index is 456. The molecule has 0 aliphatic carbocycles. The lowest BCUT2D eigenvalue weighted by molar-refractivity contribution is -0.121. The average Bonchev–Trinajstić information content (AvgIpc) is 2.34. The minimum atomic E-state index is -0.0577. The number of carbonyl (C=O) groups excluding carboxylic acids is 2. The highest BCUT2D eigenvalue weighted by Gasteiger charge is 2.22. The van der Waals surface area contributed by atoms with E-state index in [1.807, 2.05) is 25.1 Å². The average molecular weight is 233 g/mol. The topological polar surface area (TPSA) is 46.6 Å². The van der Waals surface area contributed by atoms with Gasteiger partial charge in [0.15, 0.2) is 6.61 Å². The van der Waals surface area contributed by atoms with Gasteiger partial charge in [0.1, 0.15) is 12.0 Å². The Morgan fingerprint density at radius 1 is 1.53 bits per heavy atom. The molecule has 2 rings (SSSR count). The molecule has 1 amide bonds. The van der Waals surface area contributed by atoms with Crippen LogP contribution in [-0.4, -0.2) is 25.8 Å². The highest BCUT2D eigenvalue weighted by molar-refractivity contribution is 5.97. The lowest BCUT2D eigenvalue weighted by atomic mass is 9.97. The van der Waals surface area contributed by atoms with Gasteiger partial charge in [0.25, 0.3) is 5.91 Å². The van der Waals surface area contributed by atoms with Gasteiger partial charge in [-0.15, -0.1) is 0 Å². The second kappa shape index (κ2) is 4.57. The Kier molecular flexibility index (Phi) is 3.13. The summed E-state index contributed by atoms with van der Waals surface area (Å²) in [6, 6.07) is 5.71. The van der Waals surface area contributed by atoms with E-state index in [-0.39, 0.29) is 18.4 Å². The van der Waals surface area contributed by atoms with Gasteiger partial charge in [-0.1, -0.05) is 13.0 Å². The maximum atomic E-state index is 11.5. The van der Waals surface area contributed by atoms with E-state index in [9.17, 15) is 9.59 Å². The molecule has 90 valence electrons. The minimum absolute atomic E-state index is 0.0577. The number of rotatable bonds is 3. The maximum absolute atomic E-state index is 11.5. The third-order valence-electron chi connectivity index (χ3n) is 3.09.